The molecule has 7 heteroatoms. The molecule has 1 N–H and O–H groups in total. The first kappa shape index (κ1) is 19.1. The Labute approximate surface area is 159 Å². The number of carbonyl (C=O) groups is 2. The molecule has 0 aromatic heterocycles. The molecule has 0 saturated carbocycles. The molecule has 1 atom stereocenters. The Hall–Kier alpha value is -1.63. The first-order valence-corrected chi connectivity index (χ1v) is 9.58. The monoisotopic (exact) mass is 379 g/mol. The highest BCUT2D eigenvalue weighted by Crippen LogP contribution is 2.26. The molecular formula is C19H26ClN3O3. The fourth-order valence-corrected chi connectivity index (χ4v) is 3.86. The summed E-state index contributed by atoms with van der Waals surface area (Å²) in [5.74, 6) is 0.140. The molecule has 2 fully saturated rings. The number of hydrogen-bond donors (Lipinski definition) is 1. The van der Waals surface area contributed by atoms with Gasteiger partial charge in [0.1, 0.15) is 6.10 Å². The number of carbonyl (C=O) groups excluding carboxylic acids is 2. The van der Waals surface area contributed by atoms with Gasteiger partial charge in [0, 0.05) is 50.0 Å². The Bertz CT molecular complexity index is 654. The number of halogens is 1. The average molecular weight is 380 g/mol. The summed E-state index contributed by atoms with van der Waals surface area (Å²) in [6.45, 7) is 6.51. The molecule has 0 spiro atoms. The summed E-state index contributed by atoms with van der Waals surface area (Å²) in [6.07, 6.45) is 3.38. The predicted molar refractivity (Wildman–Crippen MR) is 101 cm³/mol. The molecule has 3 rings (SSSR count). The highest BCUT2D eigenvalue weighted by Gasteiger charge is 2.29. The lowest BCUT2D eigenvalue weighted by Gasteiger charge is -2.37. The fraction of sp³-hybridized carbons (Fsp3) is 0.579. The van der Waals surface area contributed by atoms with E-state index in [-0.39, 0.29) is 12.0 Å². The van der Waals surface area contributed by atoms with E-state index in [4.69, 9.17) is 16.3 Å². The molecule has 2 amide bonds. The van der Waals surface area contributed by atoms with Gasteiger partial charge in [0.15, 0.2) is 0 Å². The third-order valence-corrected chi connectivity index (χ3v) is 5.45. The van der Waals surface area contributed by atoms with Gasteiger partial charge in [0.05, 0.1) is 0 Å². The van der Waals surface area contributed by atoms with E-state index in [1.54, 1.807) is 6.07 Å². The highest BCUT2D eigenvalue weighted by molar-refractivity contribution is 6.31. The molecule has 1 aromatic carbocycles. The molecule has 0 aliphatic carbocycles. The maximum Gasteiger partial charge on any atom is 0.251 e. The predicted octanol–water partition coefficient (Wildman–Crippen LogP) is 2.43. The second-order valence-corrected chi connectivity index (χ2v) is 7.39. The van der Waals surface area contributed by atoms with Crippen LogP contribution in [0.15, 0.2) is 12.1 Å². The van der Waals surface area contributed by atoms with Gasteiger partial charge in [-0.1, -0.05) is 11.6 Å². The van der Waals surface area contributed by atoms with Crippen molar-refractivity contribution in [2.24, 2.45) is 0 Å². The SMILES string of the molecule is Cc1c(CN2CCN(C(=O)C3CCCCO3)CC2)cc(Cl)cc1NC=O. The lowest BCUT2D eigenvalue weighted by atomic mass is 10.1. The first-order valence-electron chi connectivity index (χ1n) is 9.20. The lowest BCUT2D eigenvalue weighted by Crippen LogP contribution is -2.52. The second-order valence-electron chi connectivity index (χ2n) is 6.96. The van der Waals surface area contributed by atoms with Crippen molar-refractivity contribution >= 4 is 29.6 Å². The number of piperazine rings is 1. The second kappa shape index (κ2) is 8.84. The smallest absolute Gasteiger partial charge is 0.251 e. The number of hydrogen-bond acceptors (Lipinski definition) is 4. The quantitative estimate of drug-likeness (QED) is 0.798. The van der Waals surface area contributed by atoms with Gasteiger partial charge in [-0.05, 0) is 49.4 Å². The van der Waals surface area contributed by atoms with Crippen LogP contribution < -0.4 is 5.32 Å². The van der Waals surface area contributed by atoms with E-state index in [0.717, 1.165) is 68.8 Å². The van der Waals surface area contributed by atoms with Gasteiger partial charge in [-0.3, -0.25) is 14.5 Å². The van der Waals surface area contributed by atoms with Crippen LogP contribution in [0.2, 0.25) is 5.02 Å². The van der Waals surface area contributed by atoms with E-state index >= 15 is 0 Å². The maximum atomic E-state index is 12.6. The lowest BCUT2D eigenvalue weighted by molar-refractivity contribution is -0.148. The number of ether oxygens (including phenoxy) is 1. The number of nitrogens with one attached hydrogen (secondary N) is 1. The van der Waals surface area contributed by atoms with E-state index in [1.165, 1.54) is 0 Å². The van der Waals surface area contributed by atoms with Gasteiger partial charge in [-0.2, -0.15) is 0 Å². The molecule has 26 heavy (non-hydrogen) atoms. The number of amides is 2. The van der Waals surface area contributed by atoms with Gasteiger partial charge in [0.25, 0.3) is 5.91 Å². The molecule has 142 valence electrons. The summed E-state index contributed by atoms with van der Waals surface area (Å²) in [4.78, 5) is 27.6. The summed E-state index contributed by atoms with van der Waals surface area (Å²) in [6, 6.07) is 3.70. The molecule has 2 aliphatic heterocycles. The zero-order chi connectivity index (χ0) is 18.5. The minimum absolute atomic E-state index is 0.140. The fourth-order valence-electron chi connectivity index (χ4n) is 3.62. The normalized spacial score (nSPS) is 21.5. The summed E-state index contributed by atoms with van der Waals surface area (Å²) in [7, 11) is 0. The van der Waals surface area contributed by atoms with E-state index in [2.05, 4.69) is 10.2 Å². The third-order valence-electron chi connectivity index (χ3n) is 5.23. The zero-order valence-electron chi connectivity index (χ0n) is 15.2. The Morgan fingerprint density at radius 1 is 1.31 bits per heavy atom. The number of benzene rings is 1. The third kappa shape index (κ3) is 4.55. The molecule has 6 nitrogen and oxygen atoms in total. The van der Waals surface area contributed by atoms with Crippen molar-refractivity contribution in [2.45, 2.75) is 38.8 Å². The van der Waals surface area contributed by atoms with Crippen molar-refractivity contribution in [3.05, 3.63) is 28.3 Å². The molecule has 0 bridgehead atoms. The zero-order valence-corrected chi connectivity index (χ0v) is 15.9. The van der Waals surface area contributed by atoms with E-state index in [1.807, 2.05) is 17.9 Å². The molecule has 0 radical (unpaired) electrons. The van der Waals surface area contributed by atoms with Gasteiger partial charge < -0.3 is 15.0 Å². The largest absolute Gasteiger partial charge is 0.368 e. The van der Waals surface area contributed by atoms with Crippen LogP contribution in [0.5, 0.6) is 0 Å². The molecule has 1 unspecified atom stereocenters. The highest BCUT2D eigenvalue weighted by atomic mass is 35.5. The number of nitrogens with zero attached hydrogens (tertiary/aromatic N) is 2. The molecular weight excluding hydrogens is 354 g/mol. The first-order chi connectivity index (χ1) is 12.6. The van der Waals surface area contributed by atoms with E-state index < -0.39 is 0 Å². The van der Waals surface area contributed by atoms with Crippen LogP contribution in [-0.4, -0.2) is 61.0 Å². The summed E-state index contributed by atoms with van der Waals surface area (Å²) < 4.78 is 5.63. The molecule has 2 saturated heterocycles. The van der Waals surface area contributed by atoms with Crippen molar-refractivity contribution < 1.29 is 14.3 Å². The molecule has 2 heterocycles. The molecule has 1 aromatic rings. The topological polar surface area (TPSA) is 61.9 Å². The van der Waals surface area contributed by atoms with Gasteiger partial charge >= 0.3 is 0 Å². The van der Waals surface area contributed by atoms with Crippen LogP contribution in [0.3, 0.4) is 0 Å². The summed E-state index contributed by atoms with van der Waals surface area (Å²) >= 11 is 6.18. The van der Waals surface area contributed by atoms with Crippen molar-refractivity contribution in [3.8, 4) is 0 Å². The van der Waals surface area contributed by atoms with Crippen LogP contribution in [-0.2, 0) is 20.9 Å². The van der Waals surface area contributed by atoms with Crippen molar-refractivity contribution in [1.82, 2.24) is 9.80 Å². The number of anilines is 1. The van der Waals surface area contributed by atoms with Crippen LogP contribution in [0.1, 0.15) is 30.4 Å². The minimum atomic E-state index is -0.248. The van der Waals surface area contributed by atoms with Crippen LogP contribution >= 0.6 is 11.6 Å². The van der Waals surface area contributed by atoms with Crippen LogP contribution in [0.25, 0.3) is 0 Å². The minimum Gasteiger partial charge on any atom is -0.368 e. The Balaban J connectivity index is 1.57. The number of rotatable bonds is 5. The molecule has 2 aliphatic rings. The Kier molecular flexibility index (Phi) is 6.51. The maximum absolute atomic E-state index is 12.6. The van der Waals surface area contributed by atoms with Crippen molar-refractivity contribution in [1.29, 1.82) is 0 Å². The summed E-state index contributed by atoms with van der Waals surface area (Å²) in [5, 5.41) is 3.31. The van der Waals surface area contributed by atoms with Gasteiger partial charge in [0.2, 0.25) is 6.41 Å². The van der Waals surface area contributed by atoms with Crippen LogP contribution in [0.4, 0.5) is 5.69 Å². The van der Waals surface area contributed by atoms with Gasteiger partial charge in [-0.25, -0.2) is 0 Å². The van der Waals surface area contributed by atoms with Crippen LogP contribution in [0, 0.1) is 6.92 Å². The Morgan fingerprint density at radius 2 is 2.08 bits per heavy atom. The van der Waals surface area contributed by atoms with E-state index in [0.29, 0.717) is 18.0 Å². The summed E-state index contributed by atoms with van der Waals surface area (Å²) in [5.41, 5.74) is 2.86. The standard InChI is InChI=1S/C19H26ClN3O3/c1-14-15(10-16(20)11-17(14)21-13-24)12-22-5-7-23(8-6-22)19(25)18-4-2-3-9-26-18/h10-11,13,18H,2-9,12H2,1H3,(H,21,24). The van der Waals surface area contributed by atoms with Gasteiger partial charge in [-0.15, -0.1) is 0 Å². The van der Waals surface area contributed by atoms with Crippen molar-refractivity contribution in [2.75, 3.05) is 38.1 Å². The van der Waals surface area contributed by atoms with E-state index in [9.17, 15) is 9.59 Å². The Morgan fingerprint density at radius 3 is 2.73 bits per heavy atom. The van der Waals surface area contributed by atoms with Crippen molar-refractivity contribution in [3.63, 3.8) is 0 Å². The average Bonchev–Trinajstić information content (AvgIpc) is 2.66.